The highest BCUT2D eigenvalue weighted by Crippen LogP contribution is 2.36. The first-order chi connectivity index (χ1) is 42.5. The Balaban J connectivity index is 1.56. The van der Waals surface area contributed by atoms with Crippen LogP contribution in [0.2, 0.25) is 5.02 Å². The van der Waals surface area contributed by atoms with Crippen LogP contribution in [0.25, 0.3) is 0 Å². The summed E-state index contributed by atoms with van der Waals surface area (Å²) in [5, 5.41) is 10.8. The second-order valence-corrected chi connectivity index (χ2v) is 26.1. The third-order valence-corrected chi connectivity index (χ3v) is 18.0. The fraction of sp³-hybridized carbons (Fsp3) is 0.641. The third-order valence-electron chi connectivity index (χ3n) is 17.7. The zero-order valence-electron chi connectivity index (χ0n) is 54.6. The fourth-order valence-electron chi connectivity index (χ4n) is 12.2. The van der Waals surface area contributed by atoms with Crippen molar-refractivity contribution in [2.75, 3.05) is 68.5 Å². The van der Waals surface area contributed by atoms with Crippen molar-refractivity contribution in [3.8, 4) is 0 Å². The number of hydrogen-bond donors (Lipinski definition) is 4. The molecule has 2 aromatic rings. The van der Waals surface area contributed by atoms with Gasteiger partial charge in [0.15, 0.2) is 0 Å². The summed E-state index contributed by atoms with van der Waals surface area (Å²) in [6.45, 7) is 10.4. The van der Waals surface area contributed by atoms with Gasteiger partial charge in [0.1, 0.15) is 47.6 Å². The van der Waals surface area contributed by atoms with E-state index in [1.54, 1.807) is 27.7 Å². The van der Waals surface area contributed by atoms with E-state index in [1.165, 1.54) is 81.3 Å². The Morgan fingerprint density at radius 2 is 1.30 bits per heavy atom. The van der Waals surface area contributed by atoms with Gasteiger partial charge in [0.2, 0.25) is 65.0 Å². The smallest absolute Gasteiger partial charge is 0.351 e. The van der Waals surface area contributed by atoms with Gasteiger partial charge >= 0.3 is 6.18 Å². The van der Waals surface area contributed by atoms with E-state index in [-0.39, 0.29) is 75.0 Å². The molecule has 0 bridgehead atoms. The normalized spacial score (nSPS) is 24.9. The number of hydrogen-bond acceptors (Lipinski definition) is 11. The van der Waals surface area contributed by atoms with E-state index in [4.69, 9.17) is 11.6 Å². The molecule has 3 fully saturated rings. The van der Waals surface area contributed by atoms with Gasteiger partial charge in [-0.15, -0.1) is 0 Å². The molecule has 0 aromatic heterocycles. The first kappa shape index (κ1) is 74.3. The molecule has 4 N–H and O–H groups in total. The topological polar surface area (TPSA) is 259 Å². The second kappa shape index (κ2) is 32.3. The van der Waals surface area contributed by atoms with Gasteiger partial charge in [-0.3, -0.25) is 52.7 Å². The maximum Gasteiger partial charge on any atom is 0.417 e. The molecule has 1 spiro atoms. The minimum absolute atomic E-state index is 0.0166. The van der Waals surface area contributed by atoms with Gasteiger partial charge in [0.05, 0.1) is 30.2 Å². The number of fused-ring (bicyclic) bond motifs is 1. The standard InChI is InChI=1S/C64H92ClF4N11O11/c1-14-39(6)54-61(90)76(10)35-52(83)74(8)36-53(84)78(12)49(33-42-19-17-20-43(66)31-42)60(89)75(9)34-50(81)71-46(25-23-41-22-24-44(45(65)32-41)64(67,68)69)59(88)80-28-18-21-47(80)57(86)73-63(26-15-16-27-63)62(91)79(13)55(38(4)5)58(87)70-40(7)30-51(82)77(11)48(29-37(2)3)56(85)72-54/h17,19-20,22,24,31-32,37-40,46-49,54-55H,14-16,18,21,23,25-30,33-36H2,1-13H3,(H,70,87)(H,71,81)(H,72,85)(H,73,86)/t39-,40+,46-,47?,48-,49-,54-,55-/m0/s1. The summed E-state index contributed by atoms with van der Waals surface area (Å²) in [4.78, 5) is 167. The summed E-state index contributed by atoms with van der Waals surface area (Å²) in [5.41, 5.74) is -2.07. The number of benzene rings is 2. The minimum Gasteiger partial charge on any atom is -0.351 e. The average Bonchev–Trinajstić information content (AvgIpc) is 1.75. The fourth-order valence-corrected chi connectivity index (χ4v) is 12.5. The number of halogens is 5. The molecular formula is C64H92ClF4N11O11. The summed E-state index contributed by atoms with van der Waals surface area (Å²) >= 11 is 6.09. The van der Waals surface area contributed by atoms with E-state index in [0.29, 0.717) is 25.7 Å². The number of carbonyl (C=O) groups is 11. The maximum absolute atomic E-state index is 15.0. The van der Waals surface area contributed by atoms with Crippen LogP contribution >= 0.6 is 11.6 Å². The van der Waals surface area contributed by atoms with Crippen molar-refractivity contribution in [3.63, 3.8) is 0 Å². The van der Waals surface area contributed by atoms with Crippen molar-refractivity contribution in [2.24, 2.45) is 17.8 Å². The predicted molar refractivity (Wildman–Crippen MR) is 331 cm³/mol. The van der Waals surface area contributed by atoms with Crippen LogP contribution in [-0.2, 0) is 71.8 Å². The lowest BCUT2D eigenvalue weighted by atomic mass is 9.92. The molecule has 5 rings (SSSR count). The Labute approximate surface area is 536 Å². The lowest BCUT2D eigenvalue weighted by molar-refractivity contribution is -0.149. The van der Waals surface area contributed by atoms with Crippen molar-refractivity contribution in [3.05, 3.63) is 70.0 Å². The van der Waals surface area contributed by atoms with Gasteiger partial charge in [-0.1, -0.05) is 90.6 Å². The quantitative estimate of drug-likeness (QED) is 0.240. The summed E-state index contributed by atoms with van der Waals surface area (Å²) < 4.78 is 55.9. The molecule has 0 radical (unpaired) electrons. The molecule has 2 saturated heterocycles. The molecule has 91 heavy (non-hydrogen) atoms. The molecule has 2 heterocycles. The summed E-state index contributed by atoms with van der Waals surface area (Å²) in [6.07, 6.45) is -3.23. The minimum atomic E-state index is -4.77. The van der Waals surface area contributed by atoms with Crippen molar-refractivity contribution >= 4 is 76.6 Å². The number of amides is 11. The molecule has 504 valence electrons. The van der Waals surface area contributed by atoms with Crippen LogP contribution < -0.4 is 21.3 Å². The molecule has 3 aliphatic rings. The molecule has 22 nitrogen and oxygen atoms in total. The van der Waals surface area contributed by atoms with E-state index in [1.807, 2.05) is 20.8 Å². The van der Waals surface area contributed by atoms with E-state index in [2.05, 4.69) is 21.3 Å². The Bertz CT molecular complexity index is 3000. The largest absolute Gasteiger partial charge is 0.417 e. The van der Waals surface area contributed by atoms with Crippen LogP contribution in [0.15, 0.2) is 42.5 Å². The Hall–Kier alpha value is -7.38. The summed E-state index contributed by atoms with van der Waals surface area (Å²) in [7, 11) is 8.10. The van der Waals surface area contributed by atoms with E-state index in [9.17, 15) is 70.3 Å². The highest BCUT2D eigenvalue weighted by molar-refractivity contribution is 6.31. The van der Waals surface area contributed by atoms with Crippen molar-refractivity contribution < 1.29 is 70.3 Å². The van der Waals surface area contributed by atoms with Crippen LogP contribution in [0.1, 0.15) is 129 Å². The lowest BCUT2D eigenvalue weighted by Crippen LogP contribution is -2.64. The zero-order valence-corrected chi connectivity index (χ0v) is 55.4. The molecule has 1 unspecified atom stereocenters. The Kier molecular flexibility index (Phi) is 26.4. The summed E-state index contributed by atoms with van der Waals surface area (Å²) in [6, 6.07) is 0.0143. The molecule has 1 aliphatic carbocycles. The monoisotopic (exact) mass is 1300 g/mol. The number of nitrogens with zero attached hydrogens (tertiary/aromatic N) is 7. The number of nitrogens with one attached hydrogen (secondary N) is 4. The zero-order chi connectivity index (χ0) is 68.1. The molecule has 27 heteroatoms. The van der Waals surface area contributed by atoms with Crippen molar-refractivity contribution in [1.82, 2.24) is 55.6 Å². The number of carbonyl (C=O) groups excluding carboxylic acids is 11. The van der Waals surface area contributed by atoms with Gasteiger partial charge in [-0.2, -0.15) is 13.2 Å². The van der Waals surface area contributed by atoms with Gasteiger partial charge < -0.3 is 55.6 Å². The van der Waals surface area contributed by atoms with Gasteiger partial charge in [0.25, 0.3) is 0 Å². The first-order valence-corrected chi connectivity index (χ1v) is 31.5. The van der Waals surface area contributed by atoms with Gasteiger partial charge in [-0.05, 0) is 105 Å². The van der Waals surface area contributed by atoms with Crippen molar-refractivity contribution in [1.29, 1.82) is 0 Å². The molecule has 1 saturated carbocycles. The van der Waals surface area contributed by atoms with E-state index >= 15 is 0 Å². The molecule has 8 atom stereocenters. The molecular weight excluding hydrogens is 1210 g/mol. The third kappa shape index (κ3) is 19.3. The van der Waals surface area contributed by atoms with Crippen molar-refractivity contribution in [2.45, 2.75) is 180 Å². The van der Waals surface area contributed by atoms with Crippen LogP contribution in [0.5, 0.6) is 0 Å². The maximum atomic E-state index is 15.0. The molecule has 11 amide bonds. The van der Waals surface area contributed by atoms with Crippen LogP contribution in [0, 0.1) is 23.6 Å². The second-order valence-electron chi connectivity index (χ2n) is 25.7. The highest BCUT2D eigenvalue weighted by Gasteiger charge is 2.49. The molecule has 2 aliphatic heterocycles. The van der Waals surface area contributed by atoms with E-state index in [0.717, 1.165) is 37.8 Å². The first-order valence-electron chi connectivity index (χ1n) is 31.2. The number of likely N-dealkylation sites (N-methyl/N-ethyl adjacent to an activating group) is 6. The highest BCUT2D eigenvalue weighted by atomic mass is 35.5. The van der Waals surface area contributed by atoms with Crippen LogP contribution in [0.3, 0.4) is 0 Å². The lowest BCUT2D eigenvalue weighted by Gasteiger charge is -2.39. The summed E-state index contributed by atoms with van der Waals surface area (Å²) in [5.74, 6) is -9.37. The predicted octanol–water partition coefficient (Wildman–Crippen LogP) is 4.58. The molecule has 2 aromatic carbocycles. The Morgan fingerprint density at radius 1 is 0.670 bits per heavy atom. The van der Waals surface area contributed by atoms with Crippen LogP contribution in [0.4, 0.5) is 17.6 Å². The van der Waals surface area contributed by atoms with E-state index < -0.39 is 167 Å². The van der Waals surface area contributed by atoms with Gasteiger partial charge in [0, 0.05) is 67.7 Å². The van der Waals surface area contributed by atoms with Crippen LogP contribution in [-0.4, -0.2) is 216 Å². The number of rotatable bonds is 10. The Morgan fingerprint density at radius 3 is 1.89 bits per heavy atom. The number of alkyl halides is 3. The van der Waals surface area contributed by atoms with Gasteiger partial charge in [-0.25, -0.2) is 4.39 Å². The number of aryl methyl sites for hydroxylation is 1. The SMILES string of the molecule is CC[C@H](C)[C@@H]1NC(=O)[C@H](CC(C)C)N(C)C(=O)C[C@@H](C)NC(=O)[C@H](C(C)C)N(C)C(=O)C2(CCCC2)NC(=O)C2CCCN2C(=O)[C@H](CCc2ccc(C(F)(F)F)c(Cl)c2)NC(=O)CN(C)C(=O)[C@H](Cc2cccc(F)c2)N(C)C(=O)CN(C)C(=O)CN(C)C1=O. The average molecular weight is 1300 g/mol.